The molecule has 0 bridgehead atoms. The highest BCUT2D eigenvalue weighted by atomic mass is 32.1. The summed E-state index contributed by atoms with van der Waals surface area (Å²) in [5, 5.41) is 14.2. The molecule has 0 fully saturated rings. The summed E-state index contributed by atoms with van der Waals surface area (Å²) in [4.78, 5) is 0. The van der Waals surface area contributed by atoms with Crippen molar-refractivity contribution in [1.82, 2.24) is 24.5 Å². The second-order valence-electron chi connectivity index (χ2n) is 7.00. The predicted molar refractivity (Wildman–Crippen MR) is 102 cm³/mol. The summed E-state index contributed by atoms with van der Waals surface area (Å²) in [5.41, 5.74) is 1.49. The highest BCUT2D eigenvalue weighted by Crippen LogP contribution is 2.42. The quantitative estimate of drug-likeness (QED) is 0.616. The topological polar surface area (TPSA) is 63.5 Å². The summed E-state index contributed by atoms with van der Waals surface area (Å²) >= 11 is 5.40. The fourth-order valence-electron chi connectivity index (χ4n) is 3.64. The molecule has 4 rings (SSSR count). The van der Waals surface area contributed by atoms with Gasteiger partial charge in [-0.05, 0) is 38.0 Å². The summed E-state index contributed by atoms with van der Waals surface area (Å²) < 4.78 is 43.7. The molecule has 28 heavy (non-hydrogen) atoms. The van der Waals surface area contributed by atoms with Crippen LogP contribution in [0.15, 0.2) is 36.5 Å². The number of aromatic nitrogens is 5. The van der Waals surface area contributed by atoms with Crippen molar-refractivity contribution >= 4 is 18.0 Å². The van der Waals surface area contributed by atoms with E-state index in [1.165, 1.54) is 6.20 Å². The van der Waals surface area contributed by atoms with Gasteiger partial charge in [0.15, 0.2) is 16.6 Å². The molecule has 2 N–H and O–H groups in total. The van der Waals surface area contributed by atoms with Crippen LogP contribution >= 0.6 is 12.2 Å². The van der Waals surface area contributed by atoms with Crippen LogP contribution in [0.25, 0.3) is 11.4 Å². The van der Waals surface area contributed by atoms with Crippen LogP contribution in [0, 0.1) is 4.77 Å². The molecule has 1 aliphatic rings. The smallest absolute Gasteiger partial charge is 0.367 e. The predicted octanol–water partition coefficient (Wildman–Crippen LogP) is 4.72. The van der Waals surface area contributed by atoms with Gasteiger partial charge in [0, 0.05) is 6.04 Å². The van der Waals surface area contributed by atoms with Crippen LogP contribution in [-0.2, 0) is 0 Å². The summed E-state index contributed by atoms with van der Waals surface area (Å²) in [5.74, 6) is 0.752. The van der Waals surface area contributed by atoms with Crippen molar-refractivity contribution in [1.29, 1.82) is 0 Å². The van der Waals surface area contributed by atoms with E-state index in [1.54, 1.807) is 11.5 Å². The summed E-state index contributed by atoms with van der Waals surface area (Å²) in [6.45, 7) is 3.69. The van der Waals surface area contributed by atoms with Crippen molar-refractivity contribution in [3.8, 4) is 11.4 Å². The number of anilines is 1. The molecule has 6 nitrogen and oxygen atoms in total. The fraction of sp³-hybridized carbons (Fsp3) is 0.389. The van der Waals surface area contributed by atoms with Gasteiger partial charge in [-0.25, -0.2) is 4.68 Å². The molecule has 0 amide bonds. The van der Waals surface area contributed by atoms with Gasteiger partial charge in [0.1, 0.15) is 5.82 Å². The molecule has 148 valence electrons. The Labute approximate surface area is 164 Å². The van der Waals surface area contributed by atoms with Crippen LogP contribution in [0.4, 0.5) is 19.0 Å². The molecule has 3 heterocycles. The minimum Gasteiger partial charge on any atom is -0.367 e. The molecule has 0 aliphatic carbocycles. The van der Waals surface area contributed by atoms with Crippen molar-refractivity contribution in [3.63, 3.8) is 0 Å². The monoisotopic (exact) mass is 408 g/mol. The summed E-state index contributed by atoms with van der Waals surface area (Å²) in [7, 11) is 0. The Kier molecular flexibility index (Phi) is 4.53. The number of hydrogen-bond acceptors (Lipinski definition) is 4. The lowest BCUT2D eigenvalue weighted by molar-refractivity contribution is -0.173. The Morgan fingerprint density at radius 1 is 1.25 bits per heavy atom. The van der Waals surface area contributed by atoms with Crippen molar-refractivity contribution in [3.05, 3.63) is 46.9 Å². The molecule has 0 saturated heterocycles. The highest BCUT2D eigenvalue weighted by molar-refractivity contribution is 7.71. The minimum absolute atomic E-state index is 0.0785. The molecular weight excluding hydrogens is 389 g/mol. The largest absolute Gasteiger partial charge is 0.410 e. The van der Waals surface area contributed by atoms with E-state index in [2.05, 4.69) is 20.6 Å². The molecule has 0 saturated carbocycles. The lowest BCUT2D eigenvalue weighted by Gasteiger charge is -2.32. The first kappa shape index (κ1) is 18.7. The van der Waals surface area contributed by atoms with Crippen molar-refractivity contribution < 1.29 is 13.2 Å². The van der Waals surface area contributed by atoms with E-state index in [-0.39, 0.29) is 18.5 Å². The van der Waals surface area contributed by atoms with E-state index in [0.29, 0.717) is 22.0 Å². The van der Waals surface area contributed by atoms with Gasteiger partial charge in [-0.2, -0.15) is 23.4 Å². The van der Waals surface area contributed by atoms with E-state index in [0.717, 1.165) is 10.2 Å². The van der Waals surface area contributed by atoms with Gasteiger partial charge in [0.25, 0.3) is 0 Å². The van der Waals surface area contributed by atoms with Crippen LogP contribution in [0.1, 0.15) is 37.9 Å². The van der Waals surface area contributed by atoms with E-state index in [1.807, 2.05) is 37.3 Å². The van der Waals surface area contributed by atoms with Crippen LogP contribution in [0.3, 0.4) is 0 Å². The number of benzene rings is 1. The Morgan fingerprint density at radius 2 is 1.96 bits per heavy atom. The third kappa shape index (κ3) is 3.11. The third-order valence-electron chi connectivity index (χ3n) is 5.04. The molecule has 0 radical (unpaired) electrons. The maximum Gasteiger partial charge on any atom is 0.410 e. The van der Waals surface area contributed by atoms with Gasteiger partial charge in [-0.1, -0.05) is 30.3 Å². The number of fused-ring (bicyclic) bond motifs is 1. The zero-order valence-electron chi connectivity index (χ0n) is 15.2. The molecule has 2 aromatic heterocycles. The van der Waals surface area contributed by atoms with Crippen LogP contribution in [0.5, 0.6) is 0 Å². The lowest BCUT2D eigenvalue weighted by Crippen LogP contribution is -2.38. The Morgan fingerprint density at radius 3 is 2.64 bits per heavy atom. The highest BCUT2D eigenvalue weighted by Gasteiger charge is 2.46. The van der Waals surface area contributed by atoms with Gasteiger partial charge in [0.05, 0.1) is 17.8 Å². The Balaban J connectivity index is 1.83. The summed E-state index contributed by atoms with van der Waals surface area (Å²) in [6, 6.07) is 7.53. The number of nitrogens with zero attached hydrogens (tertiary/aromatic N) is 4. The average molecular weight is 408 g/mol. The lowest BCUT2D eigenvalue weighted by atomic mass is 10.0. The van der Waals surface area contributed by atoms with Crippen molar-refractivity contribution in [2.24, 2.45) is 0 Å². The molecule has 3 atom stereocenters. The standard InChI is InChI=1S/C18H19F3N6S/c1-10-8-14(18(19,20)21)27-15(23-10)13(9-22-27)16-24-25-17(28)26(16)11(2)12-6-4-3-5-7-12/h3-7,9-11,14,23H,8H2,1-2H3,(H,25,28)/t10-,11-,14-/m0/s1. The average Bonchev–Trinajstić information content (AvgIpc) is 3.23. The zero-order chi connectivity index (χ0) is 20.1. The van der Waals surface area contributed by atoms with Crippen LogP contribution in [-0.4, -0.2) is 36.8 Å². The normalized spacial score (nSPS) is 20.5. The number of nitrogens with one attached hydrogen (secondary N) is 2. The number of halogens is 3. The van der Waals surface area contributed by atoms with E-state index in [4.69, 9.17) is 12.2 Å². The number of alkyl halides is 3. The molecule has 0 spiro atoms. The second kappa shape index (κ2) is 6.77. The Hall–Kier alpha value is -2.62. The molecule has 1 aliphatic heterocycles. The first-order valence-electron chi connectivity index (χ1n) is 8.90. The summed E-state index contributed by atoms with van der Waals surface area (Å²) in [6.07, 6.45) is -3.04. The third-order valence-corrected chi connectivity index (χ3v) is 5.33. The van der Waals surface area contributed by atoms with Crippen molar-refractivity contribution in [2.75, 3.05) is 5.32 Å². The first-order valence-corrected chi connectivity index (χ1v) is 9.31. The van der Waals surface area contributed by atoms with E-state index >= 15 is 0 Å². The Bertz CT molecular complexity index is 1040. The maximum atomic E-state index is 13.5. The van der Waals surface area contributed by atoms with Gasteiger partial charge in [-0.15, -0.1) is 0 Å². The maximum absolute atomic E-state index is 13.5. The molecule has 0 unspecified atom stereocenters. The van der Waals surface area contributed by atoms with E-state index in [9.17, 15) is 13.2 Å². The van der Waals surface area contributed by atoms with Crippen LogP contribution in [0.2, 0.25) is 0 Å². The van der Waals surface area contributed by atoms with Gasteiger partial charge in [-0.3, -0.25) is 9.67 Å². The second-order valence-corrected chi connectivity index (χ2v) is 7.39. The molecular formula is C18H19F3N6S. The SMILES string of the molecule is C[C@H]1C[C@@H](C(F)(F)F)n2ncc(-c3n[nH]c(=S)n3[C@@H](C)c3ccccc3)c2N1. The molecule has 1 aromatic carbocycles. The number of hydrogen-bond donors (Lipinski definition) is 2. The van der Waals surface area contributed by atoms with Gasteiger partial charge >= 0.3 is 6.18 Å². The molecule has 3 aromatic rings. The number of rotatable bonds is 3. The van der Waals surface area contributed by atoms with Gasteiger partial charge in [0.2, 0.25) is 0 Å². The van der Waals surface area contributed by atoms with E-state index < -0.39 is 12.2 Å². The van der Waals surface area contributed by atoms with Crippen LogP contribution < -0.4 is 5.32 Å². The number of H-pyrrole nitrogens is 1. The molecule has 10 heteroatoms. The minimum atomic E-state index is -4.38. The zero-order valence-corrected chi connectivity index (χ0v) is 16.1. The van der Waals surface area contributed by atoms with Crippen molar-refractivity contribution in [2.45, 2.75) is 44.6 Å². The fourth-order valence-corrected chi connectivity index (χ4v) is 3.93. The first-order chi connectivity index (χ1) is 13.3. The number of aromatic amines is 1. The van der Waals surface area contributed by atoms with Gasteiger partial charge < -0.3 is 5.32 Å².